The summed E-state index contributed by atoms with van der Waals surface area (Å²) in [4.78, 5) is 10.3. The van der Waals surface area contributed by atoms with Crippen LogP contribution in [0, 0.1) is 0 Å². The van der Waals surface area contributed by atoms with Crippen molar-refractivity contribution in [1.82, 2.24) is 14.4 Å². The molecule has 0 radical (unpaired) electrons. The molecule has 0 aliphatic carbocycles. The minimum atomic E-state index is -2.03. The molecule has 0 N–H and O–H groups in total. The van der Waals surface area contributed by atoms with Crippen LogP contribution in [0.15, 0.2) is 133 Å². The van der Waals surface area contributed by atoms with Crippen LogP contribution < -0.4 is 15.9 Å². The molecule has 0 amide bonds. The first kappa shape index (κ1) is 22.9. The summed E-state index contributed by atoms with van der Waals surface area (Å²) in [5.74, 6) is 0. The summed E-state index contributed by atoms with van der Waals surface area (Å²) < 4.78 is 2.30. The van der Waals surface area contributed by atoms with Crippen molar-refractivity contribution in [3.05, 3.63) is 133 Å². The number of nitrogens with zero attached hydrogens (tertiary/aromatic N) is 3. The Morgan fingerprint density at radius 1 is 0.513 bits per heavy atom. The molecule has 5 aromatic carbocycles. The fourth-order valence-electron chi connectivity index (χ4n) is 5.77. The van der Waals surface area contributed by atoms with Crippen LogP contribution in [0.3, 0.4) is 0 Å². The Morgan fingerprint density at radius 2 is 1.15 bits per heavy atom. The van der Waals surface area contributed by atoms with Gasteiger partial charge in [0.25, 0.3) is 0 Å². The zero-order valence-corrected chi connectivity index (χ0v) is 23.5. The third kappa shape index (κ3) is 3.40. The second kappa shape index (κ2) is 8.73. The van der Waals surface area contributed by atoms with E-state index in [0.717, 1.165) is 49.4 Å². The summed E-state index contributed by atoms with van der Waals surface area (Å²) >= 11 is 3.72. The van der Waals surface area contributed by atoms with Crippen molar-refractivity contribution in [1.29, 1.82) is 0 Å². The van der Waals surface area contributed by atoms with Crippen molar-refractivity contribution in [2.45, 2.75) is 0 Å². The van der Waals surface area contributed by atoms with Crippen LogP contribution in [0.25, 0.3) is 49.4 Å². The van der Waals surface area contributed by atoms with Crippen LogP contribution in [0.1, 0.15) is 0 Å². The summed E-state index contributed by atoms with van der Waals surface area (Å²) in [6, 6.07) is 47.6. The number of hydrogen-bond donors (Lipinski definition) is 0. The molecule has 0 atom stereocenters. The third-order valence-corrected chi connectivity index (χ3v) is 14.6. The summed E-state index contributed by atoms with van der Waals surface area (Å²) in [6.45, 7) is 0. The van der Waals surface area contributed by atoms with E-state index in [1.807, 2.05) is 0 Å². The molecule has 0 bridgehead atoms. The number of fused-ring (bicyclic) bond motifs is 9. The summed E-state index contributed by atoms with van der Waals surface area (Å²) in [5, 5.41) is 7.23. The molecule has 3 nitrogen and oxygen atoms in total. The van der Waals surface area contributed by atoms with Crippen molar-refractivity contribution < 1.29 is 0 Å². The Bertz CT molecular complexity index is 2210. The first-order valence-corrected chi connectivity index (χ1v) is 17.0. The number of imidazole rings is 1. The standard InChI is InChI=1S/C34H22N3PSe/c39-38(24-12-3-1-4-13-24,25-14-5-2-6-15-25)26-19-20-31-27(22-26)33-28(21-23-11-7-8-16-29(23)35-33)34-36-30-17-9-10-18-32(30)37(31)34/h1-22H. The van der Waals surface area contributed by atoms with E-state index in [2.05, 4.69) is 153 Å². The number of hydrogen-bond acceptors (Lipinski definition) is 2. The Morgan fingerprint density at radius 3 is 1.90 bits per heavy atom. The van der Waals surface area contributed by atoms with Gasteiger partial charge in [0.2, 0.25) is 0 Å². The average Bonchev–Trinajstić information content (AvgIpc) is 3.41. The molecule has 0 aliphatic heterocycles. The van der Waals surface area contributed by atoms with Gasteiger partial charge in [0, 0.05) is 0 Å². The van der Waals surface area contributed by atoms with Gasteiger partial charge in [0.05, 0.1) is 0 Å². The molecule has 3 heterocycles. The van der Waals surface area contributed by atoms with Crippen molar-refractivity contribution in [3.63, 3.8) is 0 Å². The average molecular weight is 583 g/mol. The monoisotopic (exact) mass is 583 g/mol. The molecule has 0 fully saturated rings. The zero-order valence-electron chi connectivity index (χ0n) is 20.9. The first-order chi connectivity index (χ1) is 19.2. The number of pyridine rings is 2. The summed E-state index contributed by atoms with van der Waals surface area (Å²) in [7, 11) is 0. The van der Waals surface area contributed by atoms with E-state index in [1.54, 1.807) is 0 Å². The Labute approximate surface area is 233 Å². The van der Waals surface area contributed by atoms with E-state index >= 15 is 0 Å². The predicted octanol–water partition coefficient (Wildman–Crippen LogP) is 6.72. The fourth-order valence-corrected chi connectivity index (χ4v) is 10.7. The Balaban J connectivity index is 1.55. The van der Waals surface area contributed by atoms with E-state index in [1.165, 1.54) is 15.9 Å². The van der Waals surface area contributed by atoms with E-state index in [-0.39, 0.29) is 0 Å². The molecule has 39 heavy (non-hydrogen) atoms. The van der Waals surface area contributed by atoms with Crippen LogP contribution in [-0.2, 0) is 0 Å². The first-order valence-electron chi connectivity index (χ1n) is 13.0. The van der Waals surface area contributed by atoms with Gasteiger partial charge < -0.3 is 0 Å². The molecular weight excluding hydrogens is 560 g/mol. The fraction of sp³-hybridized carbons (Fsp3) is 0. The number of rotatable bonds is 3. The minimum absolute atomic E-state index is 0.944. The predicted molar refractivity (Wildman–Crippen MR) is 167 cm³/mol. The topological polar surface area (TPSA) is 30.2 Å². The SMILES string of the molecule is [Se]=P(c1ccccc1)(c1ccccc1)c1ccc2c(c1)c1nc3ccccc3cc1c1nc3ccccc3n21. The van der Waals surface area contributed by atoms with Crippen LogP contribution in [0.5, 0.6) is 0 Å². The molecule has 0 aliphatic rings. The maximum absolute atomic E-state index is 5.24. The van der Waals surface area contributed by atoms with Crippen molar-refractivity contribution in [3.8, 4) is 0 Å². The van der Waals surface area contributed by atoms with E-state index in [4.69, 9.17) is 9.97 Å². The molecule has 0 saturated heterocycles. The van der Waals surface area contributed by atoms with Crippen LogP contribution in [0.2, 0.25) is 0 Å². The van der Waals surface area contributed by atoms with Crippen molar-refractivity contribution >= 4 is 85.9 Å². The van der Waals surface area contributed by atoms with Gasteiger partial charge in [-0.2, -0.15) is 0 Å². The van der Waals surface area contributed by atoms with Gasteiger partial charge in [-0.3, -0.25) is 0 Å². The molecule has 184 valence electrons. The summed E-state index contributed by atoms with van der Waals surface area (Å²) in [6.07, 6.45) is 0. The molecule has 0 spiro atoms. The number of para-hydroxylation sites is 3. The van der Waals surface area contributed by atoms with Gasteiger partial charge in [-0.1, -0.05) is 0 Å². The van der Waals surface area contributed by atoms with Crippen molar-refractivity contribution in [2.75, 3.05) is 0 Å². The van der Waals surface area contributed by atoms with E-state index < -0.39 is 5.51 Å². The molecule has 3 aromatic heterocycles. The van der Waals surface area contributed by atoms with E-state index in [0.29, 0.717) is 0 Å². The van der Waals surface area contributed by atoms with Crippen LogP contribution >= 0.6 is 5.51 Å². The second-order valence-corrected chi connectivity index (χ2v) is 16.0. The third-order valence-electron chi connectivity index (χ3n) is 7.61. The summed E-state index contributed by atoms with van der Waals surface area (Å²) in [5.41, 5.74) is 4.11. The molecule has 5 heteroatoms. The van der Waals surface area contributed by atoms with Gasteiger partial charge in [0.15, 0.2) is 0 Å². The molecule has 8 aromatic rings. The number of benzene rings is 5. The van der Waals surface area contributed by atoms with Gasteiger partial charge in [-0.25, -0.2) is 0 Å². The Hall–Kier alpha value is -4.07. The van der Waals surface area contributed by atoms with E-state index in [9.17, 15) is 0 Å². The molecule has 0 unspecified atom stereocenters. The number of aromatic nitrogens is 3. The quantitative estimate of drug-likeness (QED) is 0.100. The van der Waals surface area contributed by atoms with Crippen LogP contribution in [-0.4, -0.2) is 29.5 Å². The normalized spacial score (nSPS) is 12.2. The molecule has 0 saturated carbocycles. The van der Waals surface area contributed by atoms with Gasteiger partial charge in [-0.05, 0) is 0 Å². The molecule has 8 rings (SSSR count). The van der Waals surface area contributed by atoms with Gasteiger partial charge in [0.1, 0.15) is 0 Å². The zero-order chi connectivity index (χ0) is 26.0. The second-order valence-electron chi connectivity index (χ2n) is 9.82. The van der Waals surface area contributed by atoms with Gasteiger partial charge in [-0.15, -0.1) is 0 Å². The maximum atomic E-state index is 5.24. The van der Waals surface area contributed by atoms with Crippen LogP contribution in [0.4, 0.5) is 0 Å². The van der Waals surface area contributed by atoms with Crippen molar-refractivity contribution in [2.24, 2.45) is 0 Å². The van der Waals surface area contributed by atoms with Gasteiger partial charge >= 0.3 is 234 Å². The molecular formula is C34H22N3PSe. The Kier molecular flexibility index (Phi) is 5.12.